The summed E-state index contributed by atoms with van der Waals surface area (Å²) in [5.41, 5.74) is 2.47. The first kappa shape index (κ1) is 19.7. The molecule has 0 aliphatic carbocycles. The summed E-state index contributed by atoms with van der Waals surface area (Å²) < 4.78 is 1.93. The van der Waals surface area contributed by atoms with E-state index in [1.165, 1.54) is 11.8 Å². The van der Waals surface area contributed by atoms with Crippen molar-refractivity contribution in [2.45, 2.75) is 24.1 Å². The molecule has 1 aromatic heterocycles. The first-order valence-corrected chi connectivity index (χ1v) is 11.1. The molecule has 1 atom stereocenters. The van der Waals surface area contributed by atoms with Crippen molar-refractivity contribution in [3.8, 4) is 5.69 Å². The molecule has 6 heteroatoms. The van der Waals surface area contributed by atoms with Crippen molar-refractivity contribution in [3.63, 3.8) is 0 Å². The Labute approximate surface area is 175 Å². The van der Waals surface area contributed by atoms with Crippen LogP contribution in [0.15, 0.2) is 72.0 Å². The number of likely N-dealkylation sites (tertiary alicyclic amines) is 1. The van der Waals surface area contributed by atoms with E-state index < -0.39 is 6.10 Å². The minimum atomic E-state index is -0.480. The van der Waals surface area contributed by atoms with Gasteiger partial charge in [0.1, 0.15) is 5.69 Å². The molecule has 4 rings (SSSR count). The summed E-state index contributed by atoms with van der Waals surface area (Å²) in [5.74, 6) is 0.163. The Hall–Kier alpha value is -2.57. The first-order chi connectivity index (χ1) is 14.2. The van der Waals surface area contributed by atoms with Crippen LogP contribution in [0.4, 0.5) is 0 Å². The smallest absolute Gasteiger partial charge is 0.272 e. The Morgan fingerprint density at radius 1 is 1.07 bits per heavy atom. The van der Waals surface area contributed by atoms with Crippen LogP contribution in [0, 0.1) is 5.92 Å². The van der Waals surface area contributed by atoms with Gasteiger partial charge in [0.2, 0.25) is 0 Å². The van der Waals surface area contributed by atoms with E-state index in [9.17, 15) is 9.90 Å². The maximum atomic E-state index is 13.3. The third kappa shape index (κ3) is 4.09. The van der Waals surface area contributed by atoms with Crippen molar-refractivity contribution >= 4 is 17.7 Å². The molecule has 0 bridgehead atoms. The number of carbonyl (C=O) groups is 1. The fourth-order valence-electron chi connectivity index (χ4n) is 3.96. The number of aliphatic hydroxyl groups excluding tert-OH is 1. The number of imidazole rings is 1. The third-order valence-corrected chi connectivity index (χ3v) is 6.21. The summed E-state index contributed by atoms with van der Waals surface area (Å²) >= 11 is 1.53. The van der Waals surface area contributed by atoms with E-state index in [0.717, 1.165) is 29.2 Å². The molecule has 0 radical (unpaired) electrons. The Kier molecular flexibility index (Phi) is 6.02. The quantitative estimate of drug-likeness (QED) is 0.645. The summed E-state index contributed by atoms with van der Waals surface area (Å²) in [7, 11) is 0. The predicted molar refractivity (Wildman–Crippen MR) is 115 cm³/mol. The highest BCUT2D eigenvalue weighted by Crippen LogP contribution is 2.31. The molecule has 1 aliphatic heterocycles. The van der Waals surface area contributed by atoms with Gasteiger partial charge in [-0.2, -0.15) is 0 Å². The standard InChI is InChI=1S/C23H25N3O2S/c1-29-23-24-16-20(26(23)19-10-6-3-7-11-19)22(28)25-14-12-18(13-15-25)21(27)17-8-4-2-5-9-17/h2-11,16,18,21,27H,12-15H2,1H3. The molecule has 150 valence electrons. The lowest BCUT2D eigenvalue weighted by molar-refractivity contribution is 0.0457. The number of aromatic nitrogens is 2. The molecule has 5 nitrogen and oxygen atoms in total. The van der Waals surface area contributed by atoms with Gasteiger partial charge < -0.3 is 10.0 Å². The maximum absolute atomic E-state index is 13.3. The summed E-state index contributed by atoms with van der Waals surface area (Å²) in [6.45, 7) is 1.28. The molecule has 3 aromatic rings. The van der Waals surface area contributed by atoms with Crippen LogP contribution in [-0.2, 0) is 0 Å². The molecule has 29 heavy (non-hydrogen) atoms. The van der Waals surface area contributed by atoms with Crippen molar-refractivity contribution in [2.24, 2.45) is 5.92 Å². The van der Waals surface area contributed by atoms with E-state index in [0.29, 0.717) is 18.8 Å². The minimum absolute atomic E-state index is 0.00527. The summed E-state index contributed by atoms with van der Waals surface area (Å²) in [6, 6.07) is 19.6. The maximum Gasteiger partial charge on any atom is 0.272 e. The monoisotopic (exact) mass is 407 g/mol. The second-order valence-corrected chi connectivity index (χ2v) is 8.06. The van der Waals surface area contributed by atoms with Crippen LogP contribution in [-0.4, -0.2) is 44.8 Å². The number of piperidine rings is 1. The number of amides is 1. The topological polar surface area (TPSA) is 58.4 Å². The summed E-state index contributed by atoms with van der Waals surface area (Å²) in [6.07, 6.45) is 4.73. The molecule has 1 unspecified atom stereocenters. The van der Waals surface area contributed by atoms with Crippen molar-refractivity contribution in [1.29, 1.82) is 0 Å². The predicted octanol–water partition coefficient (Wildman–Crippen LogP) is 4.18. The molecular formula is C23H25N3O2S. The van der Waals surface area contributed by atoms with Gasteiger partial charge in [-0.1, -0.05) is 60.3 Å². The number of para-hydroxylation sites is 1. The van der Waals surface area contributed by atoms with Crippen molar-refractivity contribution in [1.82, 2.24) is 14.5 Å². The SMILES string of the molecule is CSc1ncc(C(=O)N2CCC(C(O)c3ccccc3)CC2)n1-c1ccccc1. The Bertz CT molecular complexity index is 951. The lowest BCUT2D eigenvalue weighted by Gasteiger charge is -2.34. The zero-order chi connectivity index (χ0) is 20.2. The molecule has 1 amide bonds. The van der Waals surface area contributed by atoms with Gasteiger partial charge in [-0.3, -0.25) is 9.36 Å². The number of thioether (sulfide) groups is 1. The second-order valence-electron chi connectivity index (χ2n) is 7.29. The van der Waals surface area contributed by atoms with E-state index in [2.05, 4.69) is 4.98 Å². The molecule has 1 N–H and O–H groups in total. The Balaban J connectivity index is 1.49. The van der Waals surface area contributed by atoms with Crippen LogP contribution in [0.2, 0.25) is 0 Å². The van der Waals surface area contributed by atoms with Gasteiger partial charge in [0.15, 0.2) is 5.16 Å². The fraction of sp³-hybridized carbons (Fsp3) is 0.304. The largest absolute Gasteiger partial charge is 0.388 e. The van der Waals surface area contributed by atoms with Crippen LogP contribution in [0.3, 0.4) is 0 Å². The van der Waals surface area contributed by atoms with Crippen LogP contribution in [0.25, 0.3) is 5.69 Å². The summed E-state index contributed by atoms with van der Waals surface area (Å²) in [5, 5.41) is 11.5. The van der Waals surface area contributed by atoms with Crippen LogP contribution in [0.5, 0.6) is 0 Å². The Morgan fingerprint density at radius 3 is 2.31 bits per heavy atom. The van der Waals surface area contributed by atoms with Gasteiger partial charge in [-0.05, 0) is 42.7 Å². The molecule has 1 aliphatic rings. The Morgan fingerprint density at radius 2 is 1.69 bits per heavy atom. The van der Waals surface area contributed by atoms with E-state index >= 15 is 0 Å². The van der Waals surface area contributed by atoms with E-state index in [1.54, 1.807) is 6.20 Å². The molecular weight excluding hydrogens is 382 g/mol. The zero-order valence-electron chi connectivity index (χ0n) is 16.4. The van der Waals surface area contributed by atoms with Crippen LogP contribution >= 0.6 is 11.8 Å². The molecule has 1 fully saturated rings. The molecule has 0 saturated carbocycles. The highest BCUT2D eigenvalue weighted by Gasteiger charge is 2.30. The molecule has 0 spiro atoms. The normalized spacial score (nSPS) is 16.0. The summed E-state index contributed by atoms with van der Waals surface area (Å²) in [4.78, 5) is 19.6. The van der Waals surface area contributed by atoms with Gasteiger partial charge in [0, 0.05) is 18.8 Å². The number of benzene rings is 2. The molecule has 1 saturated heterocycles. The molecule has 2 aromatic carbocycles. The highest BCUT2D eigenvalue weighted by atomic mass is 32.2. The van der Waals surface area contributed by atoms with Gasteiger partial charge in [-0.15, -0.1) is 0 Å². The first-order valence-electron chi connectivity index (χ1n) is 9.88. The number of rotatable bonds is 5. The van der Waals surface area contributed by atoms with Gasteiger partial charge in [0.25, 0.3) is 5.91 Å². The highest BCUT2D eigenvalue weighted by molar-refractivity contribution is 7.98. The van der Waals surface area contributed by atoms with Crippen LogP contribution < -0.4 is 0 Å². The van der Waals surface area contributed by atoms with E-state index in [-0.39, 0.29) is 11.8 Å². The minimum Gasteiger partial charge on any atom is -0.388 e. The second kappa shape index (κ2) is 8.84. The number of carbonyl (C=O) groups excluding carboxylic acids is 1. The number of nitrogens with zero attached hydrogens (tertiary/aromatic N) is 3. The number of aliphatic hydroxyl groups is 1. The lowest BCUT2D eigenvalue weighted by Crippen LogP contribution is -2.40. The molecule has 2 heterocycles. The average Bonchev–Trinajstić information content (AvgIpc) is 3.23. The lowest BCUT2D eigenvalue weighted by atomic mass is 9.87. The van der Waals surface area contributed by atoms with Crippen LogP contribution in [0.1, 0.15) is 35.0 Å². The zero-order valence-corrected chi connectivity index (χ0v) is 17.3. The number of hydrogen-bond donors (Lipinski definition) is 1. The van der Waals surface area contributed by atoms with Gasteiger partial charge >= 0.3 is 0 Å². The van der Waals surface area contributed by atoms with Crippen molar-refractivity contribution < 1.29 is 9.90 Å². The van der Waals surface area contributed by atoms with Crippen molar-refractivity contribution in [3.05, 3.63) is 78.1 Å². The third-order valence-electron chi connectivity index (χ3n) is 5.56. The van der Waals surface area contributed by atoms with Crippen molar-refractivity contribution in [2.75, 3.05) is 19.3 Å². The van der Waals surface area contributed by atoms with Gasteiger partial charge in [0.05, 0.1) is 12.3 Å². The fourth-order valence-corrected chi connectivity index (χ4v) is 4.50. The average molecular weight is 408 g/mol. The van der Waals surface area contributed by atoms with E-state index in [4.69, 9.17) is 0 Å². The van der Waals surface area contributed by atoms with Gasteiger partial charge in [-0.25, -0.2) is 4.98 Å². The van der Waals surface area contributed by atoms with E-state index in [1.807, 2.05) is 76.4 Å². The number of hydrogen-bond acceptors (Lipinski definition) is 4.